The third kappa shape index (κ3) is 1.84. The molecule has 0 radical (unpaired) electrons. The number of carboxylic acid groups (broad SMARTS) is 1. The van der Waals surface area contributed by atoms with E-state index in [1.54, 1.807) is 0 Å². The second kappa shape index (κ2) is 3.03. The van der Waals surface area contributed by atoms with Crippen molar-refractivity contribution >= 4 is 18.4 Å². The van der Waals surface area contributed by atoms with E-state index in [9.17, 15) is 4.79 Å². The molecule has 4 heteroatoms. The summed E-state index contributed by atoms with van der Waals surface area (Å²) in [6.45, 7) is 1.44. The Morgan fingerprint density at radius 1 is 1.67 bits per heavy atom. The third-order valence-electron chi connectivity index (χ3n) is 1.41. The van der Waals surface area contributed by atoms with Gasteiger partial charge in [0, 0.05) is 13.1 Å². The largest absolute Gasteiger partial charge is 0.481 e. The van der Waals surface area contributed by atoms with Crippen molar-refractivity contribution < 1.29 is 9.90 Å². The SMILES string of the molecule is CN1CC(C(=O)O)C1.Cl. The highest BCUT2D eigenvalue weighted by molar-refractivity contribution is 5.85. The molecule has 1 aliphatic heterocycles. The van der Waals surface area contributed by atoms with Crippen molar-refractivity contribution in [1.82, 2.24) is 4.90 Å². The molecule has 0 bridgehead atoms. The molecule has 0 amide bonds. The average Bonchev–Trinajstić information content (AvgIpc) is 1.57. The van der Waals surface area contributed by atoms with Gasteiger partial charge in [-0.15, -0.1) is 12.4 Å². The van der Waals surface area contributed by atoms with E-state index in [0.29, 0.717) is 0 Å². The van der Waals surface area contributed by atoms with E-state index in [1.165, 1.54) is 0 Å². The topological polar surface area (TPSA) is 40.5 Å². The van der Waals surface area contributed by atoms with Gasteiger partial charge in [-0.25, -0.2) is 0 Å². The maximum atomic E-state index is 10.1. The smallest absolute Gasteiger partial charge is 0.309 e. The highest BCUT2D eigenvalue weighted by Gasteiger charge is 2.29. The second-order valence-electron chi connectivity index (χ2n) is 2.26. The molecule has 0 atom stereocenters. The molecule has 1 N–H and O–H groups in total. The van der Waals surface area contributed by atoms with Crippen LogP contribution in [0.1, 0.15) is 0 Å². The maximum absolute atomic E-state index is 10.1. The molecule has 1 fully saturated rings. The normalized spacial score (nSPS) is 20.1. The van der Waals surface area contributed by atoms with Crippen molar-refractivity contribution in [3.63, 3.8) is 0 Å². The molecule has 1 heterocycles. The predicted octanol–water partition coefficient (Wildman–Crippen LogP) is 0.0544. The van der Waals surface area contributed by atoms with Gasteiger partial charge in [-0.3, -0.25) is 4.79 Å². The van der Waals surface area contributed by atoms with Gasteiger partial charge in [0.1, 0.15) is 0 Å². The van der Waals surface area contributed by atoms with Gasteiger partial charge >= 0.3 is 5.97 Å². The van der Waals surface area contributed by atoms with Crippen molar-refractivity contribution in [3.8, 4) is 0 Å². The molecular formula is C5H10ClNO2. The van der Waals surface area contributed by atoms with Gasteiger partial charge in [0.15, 0.2) is 0 Å². The molecule has 0 aromatic heterocycles. The van der Waals surface area contributed by atoms with Crippen LogP contribution in [0.15, 0.2) is 0 Å². The molecule has 0 spiro atoms. The minimum absolute atomic E-state index is 0. The molecule has 0 aromatic rings. The van der Waals surface area contributed by atoms with Crippen molar-refractivity contribution in [2.24, 2.45) is 5.92 Å². The summed E-state index contributed by atoms with van der Waals surface area (Å²) in [7, 11) is 1.92. The summed E-state index contributed by atoms with van der Waals surface area (Å²) in [6.07, 6.45) is 0. The van der Waals surface area contributed by atoms with Gasteiger partial charge in [0.25, 0.3) is 0 Å². The zero-order valence-electron chi connectivity index (χ0n) is 5.20. The standard InChI is InChI=1S/C5H9NO2.ClH/c1-6-2-4(3-6)5(7)8;/h4H,2-3H2,1H3,(H,7,8);1H. The summed E-state index contributed by atoms with van der Waals surface area (Å²) in [5.74, 6) is -0.761. The van der Waals surface area contributed by atoms with Crippen LogP contribution in [0.5, 0.6) is 0 Å². The molecule has 1 rings (SSSR count). The van der Waals surface area contributed by atoms with Crippen molar-refractivity contribution in [2.45, 2.75) is 0 Å². The van der Waals surface area contributed by atoms with Crippen LogP contribution < -0.4 is 0 Å². The summed E-state index contributed by atoms with van der Waals surface area (Å²) < 4.78 is 0. The van der Waals surface area contributed by atoms with E-state index in [4.69, 9.17) is 5.11 Å². The summed E-state index contributed by atoms with van der Waals surface area (Å²) in [6, 6.07) is 0. The van der Waals surface area contributed by atoms with Crippen molar-refractivity contribution in [3.05, 3.63) is 0 Å². The number of halogens is 1. The fourth-order valence-electron chi connectivity index (χ4n) is 0.855. The molecule has 0 unspecified atom stereocenters. The Hall–Kier alpha value is -0.280. The Labute approximate surface area is 60.1 Å². The van der Waals surface area contributed by atoms with E-state index >= 15 is 0 Å². The minimum atomic E-state index is -0.664. The zero-order chi connectivity index (χ0) is 6.15. The monoisotopic (exact) mass is 151 g/mol. The van der Waals surface area contributed by atoms with Crippen LogP contribution in [0.25, 0.3) is 0 Å². The van der Waals surface area contributed by atoms with Crippen molar-refractivity contribution in [2.75, 3.05) is 20.1 Å². The van der Waals surface area contributed by atoms with Gasteiger partial charge in [0.05, 0.1) is 5.92 Å². The van der Waals surface area contributed by atoms with Crippen molar-refractivity contribution in [1.29, 1.82) is 0 Å². The van der Waals surface area contributed by atoms with Gasteiger partial charge in [-0.1, -0.05) is 0 Å². The van der Waals surface area contributed by atoms with Crippen LogP contribution in [0.2, 0.25) is 0 Å². The lowest BCUT2D eigenvalue weighted by molar-refractivity contribution is -0.146. The summed E-state index contributed by atoms with van der Waals surface area (Å²) in [5, 5.41) is 8.32. The van der Waals surface area contributed by atoms with Gasteiger partial charge in [0.2, 0.25) is 0 Å². The number of carboxylic acids is 1. The van der Waals surface area contributed by atoms with Gasteiger partial charge < -0.3 is 10.0 Å². The number of nitrogens with zero attached hydrogens (tertiary/aromatic N) is 1. The molecule has 54 valence electrons. The zero-order valence-corrected chi connectivity index (χ0v) is 6.02. The lowest BCUT2D eigenvalue weighted by Gasteiger charge is -2.32. The quantitative estimate of drug-likeness (QED) is 0.576. The van der Waals surface area contributed by atoms with Crippen LogP contribution in [0, 0.1) is 5.92 Å². The van der Waals surface area contributed by atoms with E-state index in [0.717, 1.165) is 13.1 Å². The number of carbonyl (C=O) groups is 1. The molecule has 9 heavy (non-hydrogen) atoms. The van der Waals surface area contributed by atoms with Crippen LogP contribution in [-0.4, -0.2) is 36.1 Å². The number of hydrogen-bond acceptors (Lipinski definition) is 2. The molecule has 0 aromatic carbocycles. The Bertz CT molecular complexity index is 112. The maximum Gasteiger partial charge on any atom is 0.309 e. The fraction of sp³-hybridized carbons (Fsp3) is 0.800. The lowest BCUT2D eigenvalue weighted by Crippen LogP contribution is -2.47. The van der Waals surface area contributed by atoms with E-state index in [1.807, 2.05) is 11.9 Å². The van der Waals surface area contributed by atoms with Gasteiger partial charge in [-0.05, 0) is 7.05 Å². The Morgan fingerprint density at radius 3 is 2.22 bits per heavy atom. The Kier molecular flexibility index (Phi) is 2.94. The summed E-state index contributed by atoms with van der Waals surface area (Å²) >= 11 is 0. The Balaban J connectivity index is 0.000000640. The van der Waals surface area contributed by atoms with Gasteiger partial charge in [-0.2, -0.15) is 0 Å². The predicted molar refractivity (Wildman–Crippen MR) is 35.9 cm³/mol. The third-order valence-corrected chi connectivity index (χ3v) is 1.41. The molecule has 1 saturated heterocycles. The molecule has 0 saturated carbocycles. The first kappa shape index (κ1) is 8.72. The van der Waals surface area contributed by atoms with E-state index < -0.39 is 5.97 Å². The molecule has 1 aliphatic rings. The summed E-state index contributed by atoms with van der Waals surface area (Å²) in [5.41, 5.74) is 0. The highest BCUT2D eigenvalue weighted by atomic mass is 35.5. The number of aliphatic carboxylic acids is 1. The first-order valence-electron chi connectivity index (χ1n) is 2.61. The van der Waals surface area contributed by atoms with E-state index in [2.05, 4.69) is 0 Å². The Morgan fingerprint density at radius 2 is 2.11 bits per heavy atom. The molecule has 0 aliphatic carbocycles. The lowest BCUT2D eigenvalue weighted by atomic mass is 10.0. The highest BCUT2D eigenvalue weighted by Crippen LogP contribution is 2.11. The number of rotatable bonds is 1. The first-order valence-corrected chi connectivity index (χ1v) is 2.61. The number of likely N-dealkylation sites (tertiary alicyclic amines) is 1. The average molecular weight is 152 g/mol. The van der Waals surface area contributed by atoms with E-state index in [-0.39, 0.29) is 18.3 Å². The first-order chi connectivity index (χ1) is 3.70. The minimum Gasteiger partial charge on any atom is -0.481 e. The van der Waals surface area contributed by atoms with Crippen LogP contribution in [0.4, 0.5) is 0 Å². The molecular weight excluding hydrogens is 142 g/mol. The van der Waals surface area contributed by atoms with Crippen LogP contribution in [-0.2, 0) is 4.79 Å². The number of hydrogen-bond donors (Lipinski definition) is 1. The van der Waals surface area contributed by atoms with Crippen LogP contribution >= 0.6 is 12.4 Å². The second-order valence-corrected chi connectivity index (χ2v) is 2.26. The van der Waals surface area contributed by atoms with Crippen LogP contribution in [0.3, 0.4) is 0 Å². The summed E-state index contributed by atoms with van der Waals surface area (Å²) in [4.78, 5) is 12.1. The fourth-order valence-corrected chi connectivity index (χ4v) is 0.855. The molecule has 3 nitrogen and oxygen atoms in total.